The van der Waals surface area contributed by atoms with Gasteiger partial charge in [-0.05, 0) is 24.6 Å². The van der Waals surface area contributed by atoms with Crippen LogP contribution >= 0.6 is 0 Å². The molecule has 0 bridgehead atoms. The third-order valence-corrected chi connectivity index (χ3v) is 4.91. The van der Waals surface area contributed by atoms with Gasteiger partial charge in [-0.3, -0.25) is 14.4 Å². The summed E-state index contributed by atoms with van der Waals surface area (Å²) in [5.74, 6) is -0.102. The molecule has 2 amide bonds. The molecule has 1 saturated heterocycles. The average molecular weight is 356 g/mol. The minimum Gasteiger partial charge on any atom is -0.465 e. The summed E-state index contributed by atoms with van der Waals surface area (Å²) in [5, 5.41) is 14.0. The van der Waals surface area contributed by atoms with Crippen LogP contribution in [0.1, 0.15) is 19.9 Å². The van der Waals surface area contributed by atoms with Gasteiger partial charge in [-0.2, -0.15) is 5.10 Å². The first-order valence-corrected chi connectivity index (χ1v) is 8.52. The summed E-state index contributed by atoms with van der Waals surface area (Å²) in [7, 11) is 0. The molecule has 2 aromatic rings. The predicted octanol–water partition coefficient (Wildman–Crippen LogP) is 2.36. The summed E-state index contributed by atoms with van der Waals surface area (Å²) >= 11 is 0. The van der Waals surface area contributed by atoms with Gasteiger partial charge >= 0.3 is 6.09 Å². The second-order valence-electron chi connectivity index (χ2n) is 6.74. The molecular formula is C18H20N4O4. The van der Waals surface area contributed by atoms with Gasteiger partial charge in [0.25, 0.3) is 0 Å². The SMILES string of the molecule is CC(=O)N1c2ccc(-c3cnn(C4COC4)c3)cc2N(C(=O)O)C[C@@H]1C. The number of hydrogen-bond donors (Lipinski definition) is 1. The number of carbonyl (C=O) groups is 2. The van der Waals surface area contributed by atoms with Crippen LogP contribution in [0.2, 0.25) is 0 Å². The van der Waals surface area contributed by atoms with Crippen LogP contribution in [-0.4, -0.2) is 52.7 Å². The standard InChI is InChI=1S/C18H20N4O4/c1-11-7-20(18(24)25)17-5-13(3-4-16(17)22(11)12(2)23)14-6-19-21(8-14)15-9-26-10-15/h3-6,8,11,15H,7,9-10H2,1-2H3,(H,24,25)/t11-/m0/s1. The summed E-state index contributed by atoms with van der Waals surface area (Å²) in [5.41, 5.74) is 2.89. The van der Waals surface area contributed by atoms with Crippen molar-refractivity contribution in [3.63, 3.8) is 0 Å². The Morgan fingerprint density at radius 1 is 1.23 bits per heavy atom. The number of anilines is 2. The molecule has 0 saturated carbocycles. The van der Waals surface area contributed by atoms with E-state index in [4.69, 9.17) is 4.74 Å². The van der Waals surface area contributed by atoms with Crippen LogP contribution in [0.5, 0.6) is 0 Å². The number of hydrogen-bond acceptors (Lipinski definition) is 4. The molecule has 2 aliphatic rings. The fourth-order valence-corrected chi connectivity index (χ4v) is 3.53. The van der Waals surface area contributed by atoms with Crippen molar-refractivity contribution in [2.45, 2.75) is 25.9 Å². The molecule has 8 nitrogen and oxygen atoms in total. The molecule has 0 spiro atoms. The Morgan fingerprint density at radius 3 is 2.62 bits per heavy atom. The molecular weight excluding hydrogens is 336 g/mol. The molecule has 1 atom stereocenters. The van der Waals surface area contributed by atoms with Crippen molar-refractivity contribution in [3.8, 4) is 11.1 Å². The molecule has 26 heavy (non-hydrogen) atoms. The monoisotopic (exact) mass is 356 g/mol. The van der Waals surface area contributed by atoms with Crippen LogP contribution in [0.25, 0.3) is 11.1 Å². The number of benzene rings is 1. The first kappa shape index (κ1) is 16.6. The minimum atomic E-state index is -1.03. The van der Waals surface area contributed by atoms with Crippen LogP contribution in [0.4, 0.5) is 16.2 Å². The number of carboxylic acid groups (broad SMARTS) is 1. The van der Waals surface area contributed by atoms with Crippen LogP contribution in [0.15, 0.2) is 30.6 Å². The smallest absolute Gasteiger partial charge is 0.411 e. The lowest BCUT2D eigenvalue weighted by Crippen LogP contribution is -2.51. The van der Waals surface area contributed by atoms with E-state index in [0.717, 1.165) is 11.1 Å². The van der Waals surface area contributed by atoms with Crippen molar-refractivity contribution < 1.29 is 19.4 Å². The van der Waals surface area contributed by atoms with E-state index < -0.39 is 6.09 Å². The zero-order valence-electron chi connectivity index (χ0n) is 14.6. The van der Waals surface area contributed by atoms with Crippen molar-refractivity contribution in [1.29, 1.82) is 0 Å². The predicted molar refractivity (Wildman–Crippen MR) is 95.5 cm³/mol. The first-order chi connectivity index (χ1) is 12.5. The van der Waals surface area contributed by atoms with Gasteiger partial charge in [0.15, 0.2) is 0 Å². The molecule has 4 rings (SSSR count). The van der Waals surface area contributed by atoms with Gasteiger partial charge in [-0.25, -0.2) is 4.79 Å². The number of ether oxygens (including phenoxy) is 1. The lowest BCUT2D eigenvalue weighted by Gasteiger charge is -2.39. The minimum absolute atomic E-state index is 0.102. The number of fused-ring (bicyclic) bond motifs is 1. The highest BCUT2D eigenvalue weighted by Crippen LogP contribution is 2.39. The van der Waals surface area contributed by atoms with Gasteiger partial charge in [-0.1, -0.05) is 6.07 Å². The van der Waals surface area contributed by atoms with Gasteiger partial charge in [0.1, 0.15) is 0 Å². The highest BCUT2D eigenvalue weighted by Gasteiger charge is 2.33. The summed E-state index contributed by atoms with van der Waals surface area (Å²) in [6.07, 6.45) is 2.67. The molecule has 0 unspecified atom stereocenters. The van der Waals surface area contributed by atoms with Crippen molar-refractivity contribution in [1.82, 2.24) is 9.78 Å². The maximum atomic E-state index is 12.1. The lowest BCUT2D eigenvalue weighted by atomic mass is 10.0. The Bertz CT molecular complexity index is 874. The van der Waals surface area contributed by atoms with E-state index in [1.165, 1.54) is 11.8 Å². The molecule has 1 fully saturated rings. The number of aromatic nitrogens is 2. The van der Waals surface area contributed by atoms with Gasteiger partial charge < -0.3 is 14.7 Å². The molecule has 2 aliphatic heterocycles. The summed E-state index contributed by atoms with van der Waals surface area (Å²) in [6.45, 7) is 4.89. The number of carbonyl (C=O) groups excluding carboxylic acids is 1. The van der Waals surface area contributed by atoms with Gasteiger partial charge in [0.2, 0.25) is 5.91 Å². The van der Waals surface area contributed by atoms with Crippen molar-refractivity contribution in [3.05, 3.63) is 30.6 Å². The second-order valence-corrected chi connectivity index (χ2v) is 6.74. The topological polar surface area (TPSA) is 87.9 Å². The van der Waals surface area contributed by atoms with E-state index in [0.29, 0.717) is 24.6 Å². The maximum Gasteiger partial charge on any atom is 0.411 e. The molecule has 3 heterocycles. The molecule has 1 aromatic heterocycles. The molecule has 0 radical (unpaired) electrons. The van der Waals surface area contributed by atoms with Crippen molar-refractivity contribution >= 4 is 23.4 Å². The fourth-order valence-electron chi connectivity index (χ4n) is 3.53. The van der Waals surface area contributed by atoms with Gasteiger partial charge in [0, 0.05) is 25.2 Å². The quantitative estimate of drug-likeness (QED) is 0.892. The Balaban J connectivity index is 1.75. The van der Waals surface area contributed by atoms with Gasteiger partial charge in [0.05, 0.1) is 42.9 Å². The molecule has 0 aliphatic carbocycles. The van der Waals surface area contributed by atoms with E-state index in [9.17, 15) is 14.7 Å². The maximum absolute atomic E-state index is 12.1. The lowest BCUT2D eigenvalue weighted by molar-refractivity contribution is -0.117. The second kappa shape index (κ2) is 6.14. The van der Waals surface area contributed by atoms with Crippen LogP contribution in [-0.2, 0) is 9.53 Å². The molecule has 8 heteroatoms. The highest BCUT2D eigenvalue weighted by molar-refractivity contribution is 6.02. The van der Waals surface area contributed by atoms with Gasteiger partial charge in [-0.15, -0.1) is 0 Å². The zero-order valence-corrected chi connectivity index (χ0v) is 14.6. The summed E-state index contributed by atoms with van der Waals surface area (Å²) < 4.78 is 7.07. The van der Waals surface area contributed by atoms with E-state index in [2.05, 4.69) is 5.10 Å². The van der Waals surface area contributed by atoms with E-state index >= 15 is 0 Å². The summed E-state index contributed by atoms with van der Waals surface area (Å²) in [4.78, 5) is 26.7. The van der Waals surface area contributed by atoms with Crippen LogP contribution < -0.4 is 9.80 Å². The highest BCUT2D eigenvalue weighted by atomic mass is 16.5. The number of amides is 2. The Morgan fingerprint density at radius 2 is 2.00 bits per heavy atom. The Labute approximate surface area is 150 Å². The number of nitrogens with zero attached hydrogens (tertiary/aromatic N) is 4. The average Bonchev–Trinajstić information content (AvgIpc) is 3.00. The molecule has 1 aromatic carbocycles. The largest absolute Gasteiger partial charge is 0.465 e. The molecule has 1 N–H and O–H groups in total. The van der Waals surface area contributed by atoms with E-state index in [-0.39, 0.29) is 24.5 Å². The third kappa shape index (κ3) is 2.62. The third-order valence-electron chi connectivity index (χ3n) is 4.91. The van der Waals surface area contributed by atoms with Crippen LogP contribution in [0.3, 0.4) is 0 Å². The fraction of sp³-hybridized carbons (Fsp3) is 0.389. The Hall–Kier alpha value is -2.87. The first-order valence-electron chi connectivity index (χ1n) is 8.52. The van der Waals surface area contributed by atoms with Crippen molar-refractivity contribution in [2.24, 2.45) is 0 Å². The van der Waals surface area contributed by atoms with E-state index in [1.54, 1.807) is 11.1 Å². The molecule has 136 valence electrons. The van der Waals surface area contributed by atoms with Crippen LogP contribution in [0, 0.1) is 0 Å². The normalized spacial score (nSPS) is 19.8. The zero-order chi connectivity index (χ0) is 18.4. The Kier molecular flexibility index (Phi) is 3.91. The summed E-state index contributed by atoms with van der Waals surface area (Å²) in [6, 6.07) is 5.55. The van der Waals surface area contributed by atoms with E-state index in [1.807, 2.05) is 36.0 Å². The number of rotatable bonds is 2. The van der Waals surface area contributed by atoms with Crippen molar-refractivity contribution in [2.75, 3.05) is 29.6 Å².